The molecule has 2 heterocycles. The monoisotopic (exact) mass is 690 g/mol. The number of aliphatic hydroxyl groups excluding tert-OH is 4. The van der Waals surface area contributed by atoms with Crippen molar-refractivity contribution in [1.29, 1.82) is 0 Å². The molecule has 2 aromatic carbocycles. The van der Waals surface area contributed by atoms with Gasteiger partial charge in [0.05, 0.1) is 51.3 Å². The van der Waals surface area contributed by atoms with Gasteiger partial charge < -0.3 is 63.8 Å². The van der Waals surface area contributed by atoms with E-state index in [9.17, 15) is 45.0 Å². The summed E-state index contributed by atoms with van der Waals surface area (Å²) in [7, 11) is 2.42. The van der Waals surface area contributed by atoms with E-state index in [1.54, 1.807) is 12.1 Å². The third-order valence-corrected chi connectivity index (χ3v) is 7.81. The summed E-state index contributed by atoms with van der Waals surface area (Å²) in [5.41, 5.74) is 0.721. The van der Waals surface area contributed by atoms with E-state index in [-0.39, 0.29) is 40.6 Å². The standard InChI is InChI=1S/C33H38O16/c1-43-24-13-18(5-8-23(24)36)30(41)46-12-10-20-21(14-26(37)45-11-9-17-3-6-19(35)7-4-17)22(31(42)44-2)16-47-32(20)49-33-29(40)28(39)27(38)25(15-34)48-33/h3-8,10,13,16,21,25,27-29,32-36,38-40H,9,11-12,14-15H2,1-2H3/b20-10-/t21-,25+,27+,28-,29+,32+,33-/m0/s1. The van der Waals surface area contributed by atoms with Gasteiger partial charge in [0.1, 0.15) is 36.8 Å². The maximum Gasteiger partial charge on any atom is 0.338 e. The van der Waals surface area contributed by atoms with Gasteiger partial charge in [-0.25, -0.2) is 9.59 Å². The van der Waals surface area contributed by atoms with E-state index in [4.69, 9.17) is 33.2 Å². The number of hydrogen-bond acceptors (Lipinski definition) is 16. The third kappa shape index (κ3) is 9.26. The molecule has 6 N–H and O–H groups in total. The molecule has 1 saturated heterocycles. The quantitative estimate of drug-likeness (QED) is 0.0936. The van der Waals surface area contributed by atoms with Gasteiger partial charge in [-0.2, -0.15) is 0 Å². The first-order valence-electron chi connectivity index (χ1n) is 15.0. The Morgan fingerprint density at radius 2 is 1.65 bits per heavy atom. The van der Waals surface area contributed by atoms with Crippen LogP contribution in [0.3, 0.4) is 0 Å². The number of carbonyl (C=O) groups is 3. The number of aliphatic hydroxyl groups is 4. The number of hydrogen-bond donors (Lipinski definition) is 6. The summed E-state index contributed by atoms with van der Waals surface area (Å²) < 4.78 is 37.6. The van der Waals surface area contributed by atoms with Crippen LogP contribution in [-0.2, 0) is 44.4 Å². The van der Waals surface area contributed by atoms with Crippen LogP contribution in [0.25, 0.3) is 0 Å². The van der Waals surface area contributed by atoms with Crippen molar-refractivity contribution < 1.29 is 78.2 Å². The van der Waals surface area contributed by atoms with Gasteiger partial charge in [-0.3, -0.25) is 4.79 Å². The zero-order valence-electron chi connectivity index (χ0n) is 26.5. The Hall–Kier alpha value is -4.71. The maximum atomic E-state index is 13.1. The number of esters is 3. The first-order valence-corrected chi connectivity index (χ1v) is 15.0. The molecule has 1 fully saturated rings. The Kier molecular flexibility index (Phi) is 13.0. The number of rotatable bonds is 13. The lowest BCUT2D eigenvalue weighted by molar-refractivity contribution is -0.327. The van der Waals surface area contributed by atoms with Crippen molar-refractivity contribution in [3.63, 3.8) is 0 Å². The normalized spacial score (nSPS) is 25.9. The van der Waals surface area contributed by atoms with Gasteiger partial charge in [-0.05, 0) is 42.0 Å². The highest BCUT2D eigenvalue weighted by Gasteiger charge is 2.47. The van der Waals surface area contributed by atoms with Crippen molar-refractivity contribution >= 4 is 17.9 Å². The van der Waals surface area contributed by atoms with Crippen LogP contribution in [0, 0.1) is 5.92 Å². The van der Waals surface area contributed by atoms with Crippen molar-refractivity contribution in [2.45, 2.75) is 49.8 Å². The van der Waals surface area contributed by atoms with E-state index >= 15 is 0 Å². The first kappa shape index (κ1) is 37.1. The van der Waals surface area contributed by atoms with Gasteiger partial charge in [0.2, 0.25) is 6.29 Å². The molecule has 2 aliphatic rings. The Bertz CT molecular complexity index is 1520. The lowest BCUT2D eigenvalue weighted by atomic mass is 9.86. The summed E-state index contributed by atoms with van der Waals surface area (Å²) >= 11 is 0. The van der Waals surface area contributed by atoms with Gasteiger partial charge in [0.25, 0.3) is 0 Å². The van der Waals surface area contributed by atoms with Gasteiger partial charge in [0, 0.05) is 17.9 Å². The van der Waals surface area contributed by atoms with Crippen molar-refractivity contribution in [1.82, 2.24) is 0 Å². The summed E-state index contributed by atoms with van der Waals surface area (Å²) in [5, 5.41) is 60.0. The molecule has 266 valence electrons. The molecule has 0 bridgehead atoms. The smallest absolute Gasteiger partial charge is 0.338 e. The number of phenolic OH excluding ortho intramolecular Hbond substituents is 2. The lowest BCUT2D eigenvalue weighted by Gasteiger charge is -2.42. The summed E-state index contributed by atoms with van der Waals surface area (Å²) in [4.78, 5) is 38.7. The zero-order valence-corrected chi connectivity index (χ0v) is 26.5. The highest BCUT2D eigenvalue weighted by atomic mass is 16.8. The summed E-state index contributed by atoms with van der Waals surface area (Å²) in [5.74, 6) is -3.68. The largest absolute Gasteiger partial charge is 0.508 e. The fourth-order valence-corrected chi connectivity index (χ4v) is 5.10. The lowest BCUT2D eigenvalue weighted by Crippen LogP contribution is -2.60. The van der Waals surface area contributed by atoms with Crippen LogP contribution in [0.15, 0.2) is 65.9 Å². The second kappa shape index (κ2) is 17.1. The summed E-state index contributed by atoms with van der Waals surface area (Å²) in [6, 6.07) is 10.1. The maximum absolute atomic E-state index is 13.1. The second-order valence-corrected chi connectivity index (χ2v) is 10.9. The van der Waals surface area contributed by atoms with E-state index < -0.39 is 80.5 Å². The van der Waals surface area contributed by atoms with Crippen LogP contribution in [0.1, 0.15) is 22.3 Å². The van der Waals surface area contributed by atoms with Crippen LogP contribution in [0.4, 0.5) is 0 Å². The molecule has 2 aliphatic heterocycles. The molecule has 2 aromatic rings. The number of phenols is 2. The molecule has 0 aromatic heterocycles. The highest BCUT2D eigenvalue weighted by molar-refractivity contribution is 5.91. The van der Waals surface area contributed by atoms with Crippen molar-refractivity contribution in [3.8, 4) is 17.2 Å². The fourth-order valence-electron chi connectivity index (χ4n) is 5.10. The minimum absolute atomic E-state index is 0.0262. The SMILES string of the molecule is COC(=O)C1=CO[C@H](O[C@@H]2O[C@H](CO)[C@@H](O)[C@H](O)[C@H]2O)/C(=C\COC(=O)c2ccc(O)c(OC)c2)[C@@H]1CC(=O)OCCc1ccc(O)cc1. The van der Waals surface area contributed by atoms with Crippen LogP contribution < -0.4 is 4.74 Å². The van der Waals surface area contributed by atoms with Crippen LogP contribution in [-0.4, -0.2) is 120 Å². The molecule has 0 aliphatic carbocycles. The predicted octanol–water partition coefficient (Wildman–Crippen LogP) is 0.212. The average Bonchev–Trinajstić information content (AvgIpc) is 3.10. The van der Waals surface area contributed by atoms with E-state index in [0.717, 1.165) is 18.9 Å². The zero-order chi connectivity index (χ0) is 35.7. The minimum Gasteiger partial charge on any atom is -0.508 e. The molecule has 0 saturated carbocycles. The Morgan fingerprint density at radius 3 is 2.33 bits per heavy atom. The number of methoxy groups -OCH3 is 2. The van der Waals surface area contributed by atoms with Crippen LogP contribution in [0.5, 0.6) is 17.2 Å². The first-order chi connectivity index (χ1) is 23.5. The van der Waals surface area contributed by atoms with E-state index in [0.29, 0.717) is 6.42 Å². The van der Waals surface area contributed by atoms with Crippen molar-refractivity contribution in [2.24, 2.45) is 5.92 Å². The molecular formula is C33H38O16. The van der Waals surface area contributed by atoms with Gasteiger partial charge >= 0.3 is 17.9 Å². The van der Waals surface area contributed by atoms with Crippen molar-refractivity contribution in [2.75, 3.05) is 34.0 Å². The molecule has 0 unspecified atom stereocenters. The van der Waals surface area contributed by atoms with Crippen LogP contribution >= 0.6 is 0 Å². The topological polar surface area (TPSA) is 237 Å². The molecular weight excluding hydrogens is 652 g/mol. The molecule has 16 heteroatoms. The summed E-state index contributed by atoms with van der Waals surface area (Å²) in [6.07, 6.45) is -7.64. The van der Waals surface area contributed by atoms with E-state index in [2.05, 4.69) is 0 Å². The van der Waals surface area contributed by atoms with Gasteiger partial charge in [0.15, 0.2) is 17.8 Å². The van der Waals surface area contributed by atoms with E-state index in [1.165, 1.54) is 43.5 Å². The van der Waals surface area contributed by atoms with Gasteiger partial charge in [-0.1, -0.05) is 12.1 Å². The Balaban J connectivity index is 1.59. The molecule has 4 rings (SSSR count). The Morgan fingerprint density at radius 1 is 0.918 bits per heavy atom. The molecule has 0 spiro atoms. The van der Waals surface area contributed by atoms with Crippen LogP contribution in [0.2, 0.25) is 0 Å². The molecule has 0 amide bonds. The van der Waals surface area contributed by atoms with Crippen molar-refractivity contribution in [3.05, 3.63) is 77.1 Å². The number of aromatic hydroxyl groups is 2. The van der Waals surface area contributed by atoms with Gasteiger partial charge in [-0.15, -0.1) is 0 Å². The molecule has 49 heavy (non-hydrogen) atoms. The van der Waals surface area contributed by atoms with E-state index in [1.807, 2.05) is 0 Å². The predicted molar refractivity (Wildman–Crippen MR) is 164 cm³/mol. The fraction of sp³-hybridized carbons (Fsp3) is 0.424. The highest BCUT2D eigenvalue weighted by Crippen LogP contribution is 2.36. The number of benzene rings is 2. The minimum atomic E-state index is -1.82. The number of ether oxygens (including phenoxy) is 7. The molecule has 7 atom stereocenters. The number of carbonyl (C=O) groups excluding carboxylic acids is 3. The average molecular weight is 691 g/mol. The Labute approximate surface area is 280 Å². The summed E-state index contributed by atoms with van der Waals surface area (Å²) in [6.45, 7) is -1.24. The third-order valence-electron chi connectivity index (χ3n) is 7.81. The molecule has 16 nitrogen and oxygen atoms in total. The second-order valence-electron chi connectivity index (χ2n) is 10.9. The molecule has 0 radical (unpaired) electrons.